The van der Waals surface area contributed by atoms with Gasteiger partial charge < -0.3 is 24.4 Å². The highest BCUT2D eigenvalue weighted by Gasteiger charge is 2.60. The average Bonchev–Trinajstić information content (AvgIpc) is 3.52. The van der Waals surface area contributed by atoms with Crippen molar-refractivity contribution in [2.45, 2.75) is 25.5 Å². The normalized spacial score (nSPS) is 21.9. The van der Waals surface area contributed by atoms with Crippen LogP contribution in [0.1, 0.15) is 29.7 Å². The molecule has 8 nitrogen and oxygen atoms in total. The van der Waals surface area contributed by atoms with Gasteiger partial charge in [-0.2, -0.15) is 0 Å². The zero-order chi connectivity index (χ0) is 23.4. The van der Waals surface area contributed by atoms with E-state index in [1.54, 1.807) is 19.5 Å². The van der Waals surface area contributed by atoms with Gasteiger partial charge in [-0.3, -0.25) is 4.79 Å². The molecule has 1 saturated heterocycles. The van der Waals surface area contributed by atoms with Crippen molar-refractivity contribution in [3.05, 3.63) is 77.1 Å². The summed E-state index contributed by atoms with van der Waals surface area (Å²) in [6, 6.07) is 10.1. The summed E-state index contributed by atoms with van der Waals surface area (Å²) in [5.74, 6) is 0.501. The van der Waals surface area contributed by atoms with E-state index in [-0.39, 0.29) is 5.91 Å². The van der Waals surface area contributed by atoms with Crippen molar-refractivity contribution in [2.24, 2.45) is 5.16 Å². The van der Waals surface area contributed by atoms with Gasteiger partial charge in [-0.15, -0.1) is 0 Å². The molecule has 0 radical (unpaired) electrons. The Morgan fingerprint density at radius 1 is 1.26 bits per heavy atom. The number of anilines is 1. The van der Waals surface area contributed by atoms with E-state index in [2.05, 4.69) is 15.5 Å². The molecule has 0 bridgehead atoms. The number of oxime groups is 1. The van der Waals surface area contributed by atoms with Crippen molar-refractivity contribution >= 4 is 23.5 Å². The number of amides is 1. The SMILES string of the molecule is COc1cc(C=C2CCCN3C2=NOC32C(=O)Nc3ccc(F)cc32)ccc1-n1cnc(C)c1. The van der Waals surface area contributed by atoms with Crippen LogP contribution in [-0.4, -0.2) is 39.8 Å². The van der Waals surface area contributed by atoms with Crippen molar-refractivity contribution in [3.63, 3.8) is 0 Å². The molecule has 1 atom stereocenters. The summed E-state index contributed by atoms with van der Waals surface area (Å²) in [6.07, 6.45) is 7.29. The Balaban J connectivity index is 1.36. The van der Waals surface area contributed by atoms with Crippen LogP contribution in [0.2, 0.25) is 0 Å². The number of hydrogen-bond donors (Lipinski definition) is 1. The number of rotatable bonds is 3. The van der Waals surface area contributed by atoms with E-state index in [1.807, 2.05) is 46.9 Å². The van der Waals surface area contributed by atoms with Crippen LogP contribution >= 0.6 is 0 Å². The van der Waals surface area contributed by atoms with Crippen LogP contribution in [0.25, 0.3) is 11.8 Å². The van der Waals surface area contributed by atoms with Crippen LogP contribution in [0, 0.1) is 12.7 Å². The largest absolute Gasteiger partial charge is 0.495 e. The topological polar surface area (TPSA) is 81.0 Å². The van der Waals surface area contributed by atoms with Crippen LogP contribution in [0.15, 0.2) is 59.7 Å². The number of carbonyl (C=O) groups excluding carboxylic acids is 1. The molecule has 0 saturated carbocycles. The Kier molecular flexibility index (Phi) is 4.48. The third-order valence-corrected chi connectivity index (χ3v) is 6.45. The summed E-state index contributed by atoms with van der Waals surface area (Å²) >= 11 is 0. The molecule has 1 fully saturated rings. The number of halogens is 1. The number of ether oxygens (including phenoxy) is 1. The molecule has 0 aliphatic carbocycles. The third-order valence-electron chi connectivity index (χ3n) is 6.45. The van der Waals surface area contributed by atoms with Crippen molar-refractivity contribution in [2.75, 3.05) is 19.0 Å². The average molecular weight is 459 g/mol. The predicted molar refractivity (Wildman–Crippen MR) is 124 cm³/mol. The molecule has 2 aromatic carbocycles. The van der Waals surface area contributed by atoms with Crippen molar-refractivity contribution in [1.82, 2.24) is 14.5 Å². The highest BCUT2D eigenvalue weighted by molar-refractivity contribution is 6.11. The summed E-state index contributed by atoms with van der Waals surface area (Å²) in [5, 5.41) is 7.11. The highest BCUT2D eigenvalue weighted by atomic mass is 19.1. The first-order chi connectivity index (χ1) is 16.5. The molecule has 1 aromatic heterocycles. The van der Waals surface area contributed by atoms with Gasteiger partial charge in [0.2, 0.25) is 0 Å². The van der Waals surface area contributed by atoms with Gasteiger partial charge in [0.05, 0.1) is 36.1 Å². The first kappa shape index (κ1) is 20.5. The number of amidine groups is 1. The van der Waals surface area contributed by atoms with Crippen LogP contribution < -0.4 is 10.1 Å². The van der Waals surface area contributed by atoms with Gasteiger partial charge in [-0.05, 0) is 67.3 Å². The molecule has 3 aromatic rings. The smallest absolute Gasteiger partial charge is 0.318 e. The number of fused-ring (bicyclic) bond motifs is 4. The van der Waals surface area contributed by atoms with Crippen LogP contribution in [0.4, 0.5) is 10.1 Å². The second-order valence-corrected chi connectivity index (χ2v) is 8.57. The molecule has 3 aliphatic heterocycles. The van der Waals surface area contributed by atoms with E-state index < -0.39 is 11.5 Å². The lowest BCUT2D eigenvalue weighted by atomic mass is 9.95. The summed E-state index contributed by atoms with van der Waals surface area (Å²) in [7, 11) is 1.63. The van der Waals surface area contributed by atoms with E-state index in [1.165, 1.54) is 12.1 Å². The monoisotopic (exact) mass is 459 g/mol. The minimum atomic E-state index is -1.48. The molecule has 9 heteroatoms. The fraction of sp³-hybridized carbons (Fsp3) is 0.240. The lowest BCUT2D eigenvalue weighted by molar-refractivity contribution is -0.155. The number of aromatic nitrogens is 2. The zero-order valence-electron chi connectivity index (χ0n) is 18.7. The van der Waals surface area contributed by atoms with Crippen molar-refractivity contribution in [1.29, 1.82) is 0 Å². The molecule has 6 rings (SSSR count). The third kappa shape index (κ3) is 2.93. The van der Waals surface area contributed by atoms with Gasteiger partial charge in [-0.25, -0.2) is 9.37 Å². The Bertz CT molecular complexity index is 1390. The molecular weight excluding hydrogens is 437 g/mol. The summed E-state index contributed by atoms with van der Waals surface area (Å²) in [4.78, 5) is 24.9. The molecule has 1 amide bonds. The molecule has 1 spiro atoms. The maximum absolute atomic E-state index is 14.1. The minimum absolute atomic E-state index is 0.366. The molecule has 3 aliphatic rings. The Labute approximate surface area is 195 Å². The van der Waals surface area contributed by atoms with Crippen molar-refractivity contribution < 1.29 is 18.8 Å². The Hall–Kier alpha value is -4.14. The minimum Gasteiger partial charge on any atom is -0.495 e. The molecule has 172 valence electrons. The number of nitrogens with zero attached hydrogens (tertiary/aromatic N) is 4. The Morgan fingerprint density at radius 2 is 2.15 bits per heavy atom. The maximum Gasteiger partial charge on any atom is 0.318 e. The van der Waals surface area contributed by atoms with Crippen LogP contribution in [-0.2, 0) is 15.4 Å². The number of carbonyl (C=O) groups is 1. The quantitative estimate of drug-likeness (QED) is 0.641. The number of imidazole rings is 1. The first-order valence-corrected chi connectivity index (χ1v) is 11.0. The lowest BCUT2D eigenvalue weighted by Gasteiger charge is -2.35. The van der Waals surface area contributed by atoms with E-state index in [9.17, 15) is 9.18 Å². The van der Waals surface area contributed by atoms with E-state index in [0.29, 0.717) is 29.4 Å². The van der Waals surface area contributed by atoms with Crippen molar-refractivity contribution in [3.8, 4) is 11.4 Å². The second-order valence-electron chi connectivity index (χ2n) is 8.57. The van der Waals surface area contributed by atoms with E-state index >= 15 is 0 Å². The van der Waals surface area contributed by atoms with Gasteiger partial charge in [0.1, 0.15) is 11.6 Å². The van der Waals surface area contributed by atoms with Gasteiger partial charge in [0.25, 0.3) is 5.91 Å². The van der Waals surface area contributed by atoms with Gasteiger partial charge >= 0.3 is 5.72 Å². The Morgan fingerprint density at radius 3 is 2.94 bits per heavy atom. The molecular formula is C25H22FN5O3. The second kappa shape index (κ2) is 7.44. The summed E-state index contributed by atoms with van der Waals surface area (Å²) in [5.41, 5.74) is 3.17. The zero-order valence-corrected chi connectivity index (χ0v) is 18.7. The maximum atomic E-state index is 14.1. The number of benzene rings is 2. The fourth-order valence-corrected chi connectivity index (χ4v) is 4.87. The van der Waals surface area contributed by atoms with Gasteiger partial charge in [-0.1, -0.05) is 11.2 Å². The molecule has 4 heterocycles. The van der Waals surface area contributed by atoms with Gasteiger partial charge in [0.15, 0.2) is 5.84 Å². The van der Waals surface area contributed by atoms with E-state index in [0.717, 1.165) is 35.4 Å². The summed E-state index contributed by atoms with van der Waals surface area (Å²) < 4.78 is 21.6. The number of hydrogen-bond acceptors (Lipinski definition) is 6. The van der Waals surface area contributed by atoms with Crippen LogP contribution in [0.3, 0.4) is 0 Å². The number of methoxy groups -OCH3 is 1. The fourth-order valence-electron chi connectivity index (χ4n) is 4.87. The highest BCUT2D eigenvalue weighted by Crippen LogP contribution is 2.47. The number of aryl methyl sites for hydroxylation is 1. The standard InChI is InChI=1S/C25H22FN5O3/c1-15-13-30(14-27-15)21-8-5-16(11-22(21)33-2)10-17-4-3-9-31-23(17)29-34-25(31)19-12-18(26)6-7-20(19)28-24(25)32/h5-8,10-14H,3-4,9H2,1-2H3,(H,28,32). The molecule has 1 N–H and O–H groups in total. The molecule has 1 unspecified atom stereocenters. The lowest BCUT2D eigenvalue weighted by Crippen LogP contribution is -2.52. The van der Waals surface area contributed by atoms with Gasteiger partial charge in [0, 0.05) is 12.7 Å². The number of nitrogens with one attached hydrogen (secondary N) is 1. The molecule has 34 heavy (non-hydrogen) atoms. The first-order valence-electron chi connectivity index (χ1n) is 11.0. The number of piperidine rings is 1. The summed E-state index contributed by atoms with van der Waals surface area (Å²) in [6.45, 7) is 2.51. The van der Waals surface area contributed by atoms with Crippen LogP contribution in [0.5, 0.6) is 5.75 Å². The van der Waals surface area contributed by atoms with E-state index in [4.69, 9.17) is 9.57 Å². The predicted octanol–water partition coefficient (Wildman–Crippen LogP) is 3.96.